The van der Waals surface area contributed by atoms with E-state index in [-0.39, 0.29) is 6.17 Å². The number of benzene rings is 1. The van der Waals surface area contributed by atoms with E-state index < -0.39 is 0 Å². The van der Waals surface area contributed by atoms with Crippen LogP contribution in [-0.4, -0.2) is 22.2 Å². The van der Waals surface area contributed by atoms with Gasteiger partial charge in [-0.15, -0.1) is 6.58 Å². The minimum Gasteiger partial charge on any atom is -0.330 e. The summed E-state index contributed by atoms with van der Waals surface area (Å²) in [5, 5.41) is 0. The topological polar surface area (TPSA) is 32.3 Å². The van der Waals surface area contributed by atoms with E-state index in [1.54, 1.807) is 12.4 Å². The highest BCUT2D eigenvalue weighted by Gasteiger charge is 2.49. The minimum absolute atomic E-state index is 0.252. The molecular formula is C20H24N4. The largest absolute Gasteiger partial charge is 0.330 e. The Hall–Kier alpha value is -2.36. The Bertz CT molecular complexity index is 770. The lowest BCUT2D eigenvalue weighted by molar-refractivity contribution is 0.343. The van der Waals surface area contributed by atoms with E-state index in [2.05, 4.69) is 71.4 Å². The maximum absolute atomic E-state index is 4.68. The van der Waals surface area contributed by atoms with E-state index in [0.717, 1.165) is 18.1 Å². The molecule has 0 saturated heterocycles. The molecule has 1 aromatic heterocycles. The van der Waals surface area contributed by atoms with Crippen LogP contribution >= 0.6 is 0 Å². The highest BCUT2D eigenvalue weighted by molar-refractivity contribution is 5.81. The van der Waals surface area contributed by atoms with Crippen LogP contribution in [-0.2, 0) is 0 Å². The van der Waals surface area contributed by atoms with Gasteiger partial charge in [-0.1, -0.05) is 31.2 Å². The van der Waals surface area contributed by atoms with Gasteiger partial charge >= 0.3 is 0 Å². The molecule has 4 rings (SSSR count). The number of fused-ring (bicyclic) bond motifs is 5. The second kappa shape index (κ2) is 5.62. The molecule has 2 aliphatic heterocycles. The fourth-order valence-electron chi connectivity index (χ4n) is 4.38. The van der Waals surface area contributed by atoms with Crippen LogP contribution in [0, 0.1) is 5.92 Å². The SMILES string of the molecule is C=CCC1c2ccccc2N2c3nccnc3N(C(C)C)C2C1C. The summed E-state index contributed by atoms with van der Waals surface area (Å²) in [6.07, 6.45) is 6.88. The molecule has 0 spiro atoms. The third-order valence-electron chi connectivity index (χ3n) is 5.36. The lowest BCUT2D eigenvalue weighted by Crippen LogP contribution is -2.52. The molecule has 3 unspecified atom stereocenters. The Morgan fingerprint density at radius 2 is 1.88 bits per heavy atom. The van der Waals surface area contributed by atoms with Gasteiger partial charge in [0.15, 0.2) is 11.6 Å². The van der Waals surface area contributed by atoms with Gasteiger partial charge in [-0.3, -0.25) is 0 Å². The first kappa shape index (κ1) is 15.2. The van der Waals surface area contributed by atoms with E-state index in [0.29, 0.717) is 17.9 Å². The Kier molecular flexibility index (Phi) is 3.56. The molecule has 2 aliphatic rings. The number of anilines is 3. The first-order valence-electron chi connectivity index (χ1n) is 8.73. The number of aromatic nitrogens is 2. The van der Waals surface area contributed by atoms with Crippen LogP contribution in [0.15, 0.2) is 49.3 Å². The zero-order chi connectivity index (χ0) is 16.8. The van der Waals surface area contributed by atoms with Crippen molar-refractivity contribution >= 4 is 17.3 Å². The molecule has 4 heteroatoms. The Morgan fingerprint density at radius 3 is 2.58 bits per heavy atom. The smallest absolute Gasteiger partial charge is 0.178 e. The second-order valence-corrected chi connectivity index (χ2v) is 7.04. The van der Waals surface area contributed by atoms with Crippen LogP contribution in [0.25, 0.3) is 0 Å². The van der Waals surface area contributed by atoms with Gasteiger partial charge in [-0.25, -0.2) is 9.97 Å². The molecule has 3 atom stereocenters. The maximum Gasteiger partial charge on any atom is 0.178 e. The zero-order valence-electron chi connectivity index (χ0n) is 14.6. The number of hydrogen-bond acceptors (Lipinski definition) is 4. The molecule has 0 radical (unpaired) electrons. The molecule has 0 aliphatic carbocycles. The summed E-state index contributed by atoms with van der Waals surface area (Å²) in [4.78, 5) is 14.2. The van der Waals surface area contributed by atoms with E-state index in [4.69, 9.17) is 0 Å². The van der Waals surface area contributed by atoms with Crippen molar-refractivity contribution in [3.63, 3.8) is 0 Å². The average Bonchev–Trinajstić information content (AvgIpc) is 2.94. The van der Waals surface area contributed by atoms with Crippen LogP contribution in [0.1, 0.15) is 38.7 Å². The summed E-state index contributed by atoms with van der Waals surface area (Å²) >= 11 is 0. The van der Waals surface area contributed by atoms with Crippen molar-refractivity contribution in [1.82, 2.24) is 9.97 Å². The normalized spacial score (nSPS) is 24.6. The van der Waals surface area contributed by atoms with Gasteiger partial charge in [0, 0.05) is 30.0 Å². The second-order valence-electron chi connectivity index (χ2n) is 7.04. The predicted molar refractivity (Wildman–Crippen MR) is 98.7 cm³/mol. The van der Waals surface area contributed by atoms with Crippen LogP contribution in [0.5, 0.6) is 0 Å². The summed E-state index contributed by atoms with van der Waals surface area (Å²) in [6, 6.07) is 9.09. The average molecular weight is 320 g/mol. The zero-order valence-corrected chi connectivity index (χ0v) is 14.6. The van der Waals surface area contributed by atoms with Crippen molar-refractivity contribution < 1.29 is 0 Å². The van der Waals surface area contributed by atoms with Gasteiger partial charge < -0.3 is 9.80 Å². The van der Waals surface area contributed by atoms with Gasteiger partial charge in [0.2, 0.25) is 0 Å². The lowest BCUT2D eigenvalue weighted by Gasteiger charge is -2.46. The summed E-state index contributed by atoms with van der Waals surface area (Å²) in [5.74, 6) is 2.90. The molecule has 0 fully saturated rings. The summed E-state index contributed by atoms with van der Waals surface area (Å²) in [7, 11) is 0. The highest BCUT2D eigenvalue weighted by atomic mass is 15.5. The molecule has 1 aromatic carbocycles. The highest BCUT2D eigenvalue weighted by Crippen LogP contribution is 2.53. The third-order valence-corrected chi connectivity index (χ3v) is 5.36. The summed E-state index contributed by atoms with van der Waals surface area (Å²) in [6.45, 7) is 10.8. The molecule has 0 saturated carbocycles. The van der Waals surface area contributed by atoms with Gasteiger partial charge in [0.05, 0.1) is 0 Å². The summed E-state index contributed by atoms with van der Waals surface area (Å²) in [5.41, 5.74) is 2.65. The molecule has 0 N–H and O–H groups in total. The quantitative estimate of drug-likeness (QED) is 0.781. The lowest BCUT2D eigenvalue weighted by atomic mass is 9.78. The number of nitrogens with zero attached hydrogens (tertiary/aromatic N) is 4. The molecule has 3 heterocycles. The van der Waals surface area contributed by atoms with E-state index in [1.807, 2.05) is 6.08 Å². The minimum atomic E-state index is 0.252. The van der Waals surface area contributed by atoms with Crippen molar-refractivity contribution in [1.29, 1.82) is 0 Å². The van der Waals surface area contributed by atoms with Crippen LogP contribution in [0.2, 0.25) is 0 Å². The first-order chi connectivity index (χ1) is 11.6. The maximum atomic E-state index is 4.68. The van der Waals surface area contributed by atoms with E-state index in [9.17, 15) is 0 Å². The monoisotopic (exact) mass is 320 g/mol. The van der Waals surface area contributed by atoms with Crippen LogP contribution in [0.3, 0.4) is 0 Å². The van der Waals surface area contributed by atoms with Crippen molar-refractivity contribution in [2.45, 2.75) is 45.3 Å². The molecule has 0 bridgehead atoms. The summed E-state index contributed by atoms with van der Waals surface area (Å²) < 4.78 is 0. The molecule has 24 heavy (non-hydrogen) atoms. The Morgan fingerprint density at radius 1 is 1.17 bits per heavy atom. The molecule has 4 nitrogen and oxygen atoms in total. The van der Waals surface area contributed by atoms with Crippen molar-refractivity contribution in [3.8, 4) is 0 Å². The number of hydrogen-bond donors (Lipinski definition) is 0. The molecule has 124 valence electrons. The Labute approximate surface area is 143 Å². The van der Waals surface area contributed by atoms with Gasteiger partial charge in [0.1, 0.15) is 6.17 Å². The van der Waals surface area contributed by atoms with Crippen molar-refractivity contribution in [3.05, 3.63) is 54.9 Å². The molecule has 0 amide bonds. The third kappa shape index (κ3) is 1.98. The Balaban J connectivity index is 1.95. The van der Waals surface area contributed by atoms with E-state index >= 15 is 0 Å². The van der Waals surface area contributed by atoms with E-state index in [1.165, 1.54) is 11.3 Å². The number of rotatable bonds is 3. The predicted octanol–water partition coefficient (Wildman–Crippen LogP) is 4.48. The van der Waals surface area contributed by atoms with Gasteiger partial charge in [-0.2, -0.15) is 0 Å². The first-order valence-corrected chi connectivity index (χ1v) is 8.73. The fraction of sp³-hybridized carbons (Fsp3) is 0.400. The van der Waals surface area contributed by atoms with Gasteiger partial charge in [0.25, 0.3) is 0 Å². The molecular weight excluding hydrogens is 296 g/mol. The number of para-hydroxylation sites is 1. The fourth-order valence-corrected chi connectivity index (χ4v) is 4.38. The van der Waals surface area contributed by atoms with Crippen LogP contribution < -0.4 is 9.80 Å². The van der Waals surface area contributed by atoms with Crippen LogP contribution in [0.4, 0.5) is 17.3 Å². The van der Waals surface area contributed by atoms with Crippen molar-refractivity contribution in [2.75, 3.05) is 9.80 Å². The standard InChI is InChI=1S/C20H24N4/c1-5-8-15-14(4)20-23(13(2)3)18-19(22-12-11-21-18)24(20)17-10-7-6-9-16(15)17/h5-7,9-15,20H,1,8H2,2-4H3. The molecule has 2 aromatic rings. The van der Waals surface area contributed by atoms with Crippen molar-refractivity contribution in [2.24, 2.45) is 5.92 Å². The van der Waals surface area contributed by atoms with Gasteiger partial charge in [-0.05, 0) is 37.8 Å². The number of allylic oxidation sites excluding steroid dienone is 1.